The Morgan fingerprint density at radius 1 is 1.56 bits per heavy atom. The summed E-state index contributed by atoms with van der Waals surface area (Å²) in [7, 11) is 0. The lowest BCUT2D eigenvalue weighted by Gasteiger charge is -2.07. The molecule has 0 heterocycles. The van der Waals surface area contributed by atoms with E-state index in [0.29, 0.717) is 16.8 Å². The van der Waals surface area contributed by atoms with Crippen molar-refractivity contribution < 1.29 is 13.9 Å². The van der Waals surface area contributed by atoms with Crippen molar-refractivity contribution in [2.75, 3.05) is 17.8 Å². The second kappa shape index (κ2) is 6.70. The van der Waals surface area contributed by atoms with Crippen LogP contribution in [0.2, 0.25) is 0 Å². The second-order valence-corrected chi connectivity index (χ2v) is 4.22. The molecule has 0 fully saturated rings. The largest absolute Gasteiger partial charge is 0.449 e. The quantitative estimate of drug-likeness (QED) is 0.679. The maximum atomic E-state index is 13.3. The summed E-state index contributed by atoms with van der Waals surface area (Å²) in [4.78, 5) is 11.2. The average molecular weight is 311 g/mol. The van der Waals surface area contributed by atoms with Crippen molar-refractivity contribution in [3.05, 3.63) is 28.5 Å². The number of halogens is 3. The van der Waals surface area contributed by atoms with Crippen LogP contribution in [-0.4, -0.2) is 18.6 Å². The van der Waals surface area contributed by atoms with Crippen molar-refractivity contribution in [1.29, 1.82) is 0 Å². The van der Waals surface area contributed by atoms with Gasteiger partial charge in [-0.05, 0) is 24.6 Å². The monoisotopic (exact) mass is 309 g/mol. The number of carbonyl (C=O) groups excluding carboxylic acids is 1. The zero-order valence-corrected chi connectivity index (χ0v) is 10.6. The highest BCUT2D eigenvalue weighted by molar-refractivity contribution is 9.10. The van der Waals surface area contributed by atoms with E-state index in [2.05, 4.69) is 21.2 Å². The minimum atomic E-state index is -0.689. The summed E-state index contributed by atoms with van der Waals surface area (Å²) in [5.41, 5.74) is 0.0825. The van der Waals surface area contributed by atoms with Gasteiger partial charge in [-0.3, -0.25) is 5.32 Å². The smallest absolute Gasteiger partial charge is 0.411 e. The molecule has 3 nitrogen and oxygen atoms in total. The molecular formula is C10H10BrClFNO2. The van der Waals surface area contributed by atoms with E-state index in [9.17, 15) is 9.18 Å². The number of benzene rings is 1. The number of hydrogen-bond donors (Lipinski definition) is 1. The van der Waals surface area contributed by atoms with Crippen molar-refractivity contribution >= 4 is 39.3 Å². The lowest BCUT2D eigenvalue weighted by Crippen LogP contribution is -2.15. The molecule has 1 aromatic carbocycles. The van der Waals surface area contributed by atoms with Crippen LogP contribution in [0.1, 0.15) is 6.42 Å². The second-order valence-electron chi connectivity index (χ2n) is 2.93. The summed E-state index contributed by atoms with van der Waals surface area (Å²) in [5, 5.41) is 2.30. The zero-order valence-electron chi connectivity index (χ0n) is 8.30. The molecule has 0 bridgehead atoms. The van der Waals surface area contributed by atoms with Crippen LogP contribution in [0.5, 0.6) is 0 Å². The normalized spacial score (nSPS) is 9.94. The maximum Gasteiger partial charge on any atom is 0.411 e. The summed E-state index contributed by atoms with van der Waals surface area (Å²) in [6.07, 6.45) is -0.121. The SMILES string of the molecule is O=C(Nc1ccc(Br)cc1F)OCCCCl. The van der Waals surface area contributed by atoms with E-state index < -0.39 is 11.9 Å². The van der Waals surface area contributed by atoms with E-state index >= 15 is 0 Å². The van der Waals surface area contributed by atoms with Crippen molar-refractivity contribution in [2.45, 2.75) is 6.42 Å². The van der Waals surface area contributed by atoms with E-state index in [0.717, 1.165) is 0 Å². The molecule has 1 N–H and O–H groups in total. The number of carbonyl (C=O) groups is 1. The Morgan fingerprint density at radius 3 is 2.94 bits per heavy atom. The molecule has 0 aromatic heterocycles. The number of rotatable bonds is 4. The molecule has 1 aromatic rings. The zero-order chi connectivity index (χ0) is 12.0. The highest BCUT2D eigenvalue weighted by Crippen LogP contribution is 2.19. The molecule has 0 saturated carbocycles. The van der Waals surface area contributed by atoms with Crippen LogP contribution in [0.4, 0.5) is 14.9 Å². The van der Waals surface area contributed by atoms with Gasteiger partial charge in [-0.15, -0.1) is 11.6 Å². The van der Waals surface area contributed by atoms with Crippen molar-refractivity contribution in [3.63, 3.8) is 0 Å². The maximum absolute atomic E-state index is 13.3. The Labute approximate surface area is 106 Å². The van der Waals surface area contributed by atoms with Crippen LogP contribution in [0.3, 0.4) is 0 Å². The van der Waals surface area contributed by atoms with Gasteiger partial charge in [0.1, 0.15) is 5.82 Å². The van der Waals surface area contributed by atoms with Gasteiger partial charge < -0.3 is 4.74 Å². The molecule has 16 heavy (non-hydrogen) atoms. The predicted molar refractivity (Wildman–Crippen MR) is 64.4 cm³/mol. The highest BCUT2D eigenvalue weighted by atomic mass is 79.9. The fourth-order valence-electron chi connectivity index (χ4n) is 0.956. The third kappa shape index (κ3) is 4.37. The Hall–Kier alpha value is -0.810. The fraction of sp³-hybridized carbons (Fsp3) is 0.300. The first-order chi connectivity index (χ1) is 7.63. The Morgan fingerprint density at radius 2 is 2.31 bits per heavy atom. The number of ether oxygens (including phenoxy) is 1. The Kier molecular flexibility index (Phi) is 5.55. The topological polar surface area (TPSA) is 38.3 Å². The molecular weight excluding hydrogens is 300 g/mol. The average Bonchev–Trinajstić information content (AvgIpc) is 2.23. The standard InChI is InChI=1S/C10H10BrClFNO2/c11-7-2-3-9(8(13)6-7)14-10(15)16-5-1-4-12/h2-3,6H,1,4-5H2,(H,14,15). The van der Waals surface area contributed by atoms with Crippen LogP contribution in [-0.2, 0) is 4.74 Å². The lowest BCUT2D eigenvalue weighted by molar-refractivity contribution is 0.162. The summed E-state index contributed by atoms with van der Waals surface area (Å²) in [6, 6.07) is 4.33. The molecule has 6 heteroatoms. The van der Waals surface area contributed by atoms with Crippen LogP contribution >= 0.6 is 27.5 Å². The molecule has 0 unspecified atom stereocenters. The van der Waals surface area contributed by atoms with Gasteiger partial charge >= 0.3 is 6.09 Å². The van der Waals surface area contributed by atoms with Gasteiger partial charge in [0.05, 0.1) is 12.3 Å². The molecule has 0 atom stereocenters. The first-order valence-electron chi connectivity index (χ1n) is 4.58. The molecule has 0 saturated heterocycles. The summed E-state index contributed by atoms with van der Waals surface area (Å²) in [6.45, 7) is 0.216. The molecule has 0 spiro atoms. The van der Waals surface area contributed by atoms with Crippen molar-refractivity contribution in [2.24, 2.45) is 0 Å². The number of amides is 1. The first-order valence-corrected chi connectivity index (χ1v) is 5.91. The van der Waals surface area contributed by atoms with Gasteiger partial charge in [0.15, 0.2) is 0 Å². The van der Waals surface area contributed by atoms with Crippen LogP contribution in [0.15, 0.2) is 22.7 Å². The third-order valence-corrected chi connectivity index (χ3v) is 2.44. The van der Waals surface area contributed by atoms with E-state index in [-0.39, 0.29) is 12.3 Å². The predicted octanol–water partition coefficient (Wildman–Crippen LogP) is 3.77. The summed E-state index contributed by atoms with van der Waals surface area (Å²) < 4.78 is 18.6. The van der Waals surface area contributed by atoms with Crippen LogP contribution < -0.4 is 5.32 Å². The van der Waals surface area contributed by atoms with Gasteiger partial charge in [0.2, 0.25) is 0 Å². The van der Waals surface area contributed by atoms with Gasteiger partial charge in [-0.25, -0.2) is 9.18 Å². The van der Waals surface area contributed by atoms with Crippen LogP contribution in [0, 0.1) is 5.82 Å². The first kappa shape index (κ1) is 13.3. The van der Waals surface area contributed by atoms with Gasteiger partial charge in [-0.2, -0.15) is 0 Å². The number of hydrogen-bond acceptors (Lipinski definition) is 2. The van der Waals surface area contributed by atoms with Gasteiger partial charge in [0.25, 0.3) is 0 Å². The van der Waals surface area contributed by atoms with Gasteiger partial charge in [-0.1, -0.05) is 15.9 Å². The Bertz CT molecular complexity index is 376. The Balaban J connectivity index is 2.49. The number of alkyl halides is 1. The minimum absolute atomic E-state index is 0.0825. The highest BCUT2D eigenvalue weighted by Gasteiger charge is 2.07. The molecule has 0 aliphatic rings. The van der Waals surface area contributed by atoms with Crippen LogP contribution in [0.25, 0.3) is 0 Å². The van der Waals surface area contributed by atoms with E-state index in [1.807, 2.05) is 0 Å². The molecule has 0 aliphatic carbocycles. The lowest BCUT2D eigenvalue weighted by atomic mass is 10.3. The minimum Gasteiger partial charge on any atom is -0.449 e. The number of anilines is 1. The summed E-state index contributed by atoms with van der Waals surface area (Å²) >= 11 is 8.53. The van der Waals surface area contributed by atoms with E-state index in [1.54, 1.807) is 6.07 Å². The molecule has 88 valence electrons. The van der Waals surface area contributed by atoms with Gasteiger partial charge in [0, 0.05) is 10.4 Å². The molecule has 0 radical (unpaired) electrons. The molecule has 1 rings (SSSR count). The van der Waals surface area contributed by atoms with E-state index in [1.165, 1.54) is 12.1 Å². The molecule has 1 amide bonds. The fourth-order valence-corrected chi connectivity index (χ4v) is 1.40. The van der Waals surface area contributed by atoms with Crippen molar-refractivity contribution in [1.82, 2.24) is 0 Å². The summed E-state index contributed by atoms with van der Waals surface area (Å²) in [5.74, 6) is -0.108. The third-order valence-electron chi connectivity index (χ3n) is 1.68. The number of nitrogens with one attached hydrogen (secondary N) is 1. The van der Waals surface area contributed by atoms with Crippen molar-refractivity contribution in [3.8, 4) is 0 Å². The molecule has 0 aliphatic heterocycles. The van der Waals surface area contributed by atoms with E-state index in [4.69, 9.17) is 16.3 Å².